The second-order valence-corrected chi connectivity index (χ2v) is 4.81. The van der Waals surface area contributed by atoms with Crippen molar-refractivity contribution in [2.75, 3.05) is 5.32 Å². The van der Waals surface area contributed by atoms with Gasteiger partial charge in [-0.05, 0) is 47.1 Å². The molecule has 0 fully saturated rings. The van der Waals surface area contributed by atoms with Crippen LogP contribution in [0.1, 0.15) is 16.1 Å². The zero-order valence-corrected chi connectivity index (χ0v) is 11.6. The second kappa shape index (κ2) is 5.27. The molecule has 19 heavy (non-hydrogen) atoms. The molecule has 6 heteroatoms. The first-order valence-electron chi connectivity index (χ1n) is 5.43. The topological polar surface area (TPSA) is 82.5 Å². The molecule has 0 aliphatic heterocycles. The van der Waals surface area contributed by atoms with Crippen molar-refractivity contribution in [2.45, 2.75) is 6.92 Å². The first-order chi connectivity index (χ1) is 8.95. The maximum absolute atomic E-state index is 11.9. The number of hydrogen-bond acceptors (Lipinski definition) is 4. The van der Waals surface area contributed by atoms with Crippen LogP contribution in [0.25, 0.3) is 0 Å². The summed E-state index contributed by atoms with van der Waals surface area (Å²) < 4.78 is 0.848. The number of carbonyl (C=O) groups excluding carboxylic acids is 1. The molecule has 1 aromatic carbocycles. The predicted octanol–water partition coefficient (Wildman–Crippen LogP) is 2.82. The van der Waals surface area contributed by atoms with Crippen LogP contribution in [-0.2, 0) is 0 Å². The summed E-state index contributed by atoms with van der Waals surface area (Å²) in [5, 5.41) is 21.2. The Bertz CT molecular complexity index is 624. The van der Waals surface area contributed by atoms with Gasteiger partial charge >= 0.3 is 0 Å². The summed E-state index contributed by atoms with van der Waals surface area (Å²) >= 11 is 3.32. The fraction of sp³-hybridized carbons (Fsp3) is 0.0769. The van der Waals surface area contributed by atoms with Crippen LogP contribution in [-0.4, -0.2) is 21.1 Å². The zero-order chi connectivity index (χ0) is 14.0. The molecule has 0 atom stereocenters. The van der Waals surface area contributed by atoms with Gasteiger partial charge in [-0.3, -0.25) is 4.79 Å². The lowest BCUT2D eigenvalue weighted by Crippen LogP contribution is -2.13. The van der Waals surface area contributed by atoms with Gasteiger partial charge in [0.05, 0.1) is 5.69 Å². The van der Waals surface area contributed by atoms with Crippen molar-refractivity contribution in [3.63, 3.8) is 0 Å². The van der Waals surface area contributed by atoms with Crippen LogP contribution in [0.15, 0.2) is 34.8 Å². The highest BCUT2D eigenvalue weighted by atomic mass is 79.9. The number of amides is 1. The van der Waals surface area contributed by atoms with E-state index in [9.17, 15) is 15.0 Å². The van der Waals surface area contributed by atoms with Gasteiger partial charge in [-0.1, -0.05) is 0 Å². The van der Waals surface area contributed by atoms with Crippen molar-refractivity contribution in [1.29, 1.82) is 0 Å². The molecule has 0 aliphatic carbocycles. The molecule has 3 N–H and O–H groups in total. The molecular weight excluding hydrogens is 312 g/mol. The molecule has 0 unspecified atom stereocenters. The number of benzene rings is 1. The number of phenols is 2. The molecule has 1 aromatic heterocycles. The van der Waals surface area contributed by atoms with Crippen LogP contribution in [0.3, 0.4) is 0 Å². The Kier molecular flexibility index (Phi) is 3.71. The number of nitrogens with zero attached hydrogens (tertiary/aromatic N) is 1. The number of aromatic nitrogens is 1. The molecule has 1 heterocycles. The van der Waals surface area contributed by atoms with E-state index in [0.717, 1.165) is 16.2 Å². The van der Waals surface area contributed by atoms with Gasteiger partial charge in [0.1, 0.15) is 17.3 Å². The molecule has 0 bridgehead atoms. The summed E-state index contributed by atoms with van der Waals surface area (Å²) in [5.74, 6) is -0.413. The first kappa shape index (κ1) is 13.4. The first-order valence-corrected chi connectivity index (χ1v) is 6.22. The fourth-order valence-electron chi connectivity index (χ4n) is 1.53. The lowest BCUT2D eigenvalue weighted by Gasteiger charge is -2.07. The van der Waals surface area contributed by atoms with Crippen LogP contribution in [0.5, 0.6) is 11.5 Å². The molecule has 0 saturated heterocycles. The van der Waals surface area contributed by atoms with Gasteiger partial charge in [0, 0.05) is 16.1 Å². The highest BCUT2D eigenvalue weighted by molar-refractivity contribution is 9.10. The minimum absolute atomic E-state index is 0.153. The van der Waals surface area contributed by atoms with Gasteiger partial charge in [-0.25, -0.2) is 4.98 Å². The van der Waals surface area contributed by atoms with E-state index in [1.54, 1.807) is 19.1 Å². The van der Waals surface area contributed by atoms with Crippen LogP contribution >= 0.6 is 15.9 Å². The van der Waals surface area contributed by atoms with Crippen LogP contribution < -0.4 is 5.32 Å². The van der Waals surface area contributed by atoms with E-state index < -0.39 is 5.91 Å². The third-order valence-corrected chi connectivity index (χ3v) is 3.27. The smallest absolute Gasteiger partial charge is 0.257 e. The minimum atomic E-state index is -0.458. The lowest BCUT2D eigenvalue weighted by molar-refractivity contribution is 0.102. The number of phenolic OH excluding ortho intramolecular Hbond substituents is 2. The van der Waals surface area contributed by atoms with E-state index in [0.29, 0.717) is 5.82 Å². The van der Waals surface area contributed by atoms with Gasteiger partial charge in [0.15, 0.2) is 0 Å². The summed E-state index contributed by atoms with van der Waals surface area (Å²) in [5.41, 5.74) is 0.899. The van der Waals surface area contributed by atoms with Crippen LogP contribution in [0, 0.1) is 6.92 Å². The van der Waals surface area contributed by atoms with Gasteiger partial charge in [0.2, 0.25) is 0 Å². The Labute approximate surface area is 118 Å². The number of pyridine rings is 1. The number of nitrogens with one attached hydrogen (secondary N) is 1. The van der Waals surface area contributed by atoms with Gasteiger partial charge in [0.25, 0.3) is 5.91 Å². The minimum Gasteiger partial charge on any atom is -0.508 e. The summed E-state index contributed by atoms with van der Waals surface area (Å²) in [7, 11) is 0. The van der Waals surface area contributed by atoms with Crippen molar-refractivity contribution >= 4 is 27.7 Å². The molecule has 5 nitrogen and oxygen atoms in total. The lowest BCUT2D eigenvalue weighted by atomic mass is 10.2. The molecule has 2 aromatic rings. The standard InChI is InChI=1S/C13H11BrN2O3/c1-7-11(14)2-3-12(15-7)16-13(19)8-4-9(17)6-10(18)5-8/h2-6,17-18H,1H3,(H,15,16,19). The molecule has 0 spiro atoms. The van der Waals surface area contributed by atoms with Crippen molar-refractivity contribution in [2.24, 2.45) is 0 Å². The highest BCUT2D eigenvalue weighted by Gasteiger charge is 2.10. The molecule has 2 rings (SSSR count). The quantitative estimate of drug-likeness (QED) is 0.794. The monoisotopic (exact) mass is 322 g/mol. The largest absolute Gasteiger partial charge is 0.508 e. The molecule has 0 saturated carbocycles. The van der Waals surface area contributed by atoms with Crippen molar-refractivity contribution in [3.8, 4) is 11.5 Å². The van der Waals surface area contributed by atoms with Crippen molar-refractivity contribution in [1.82, 2.24) is 4.98 Å². The number of aryl methyl sites for hydroxylation is 1. The average molecular weight is 323 g/mol. The second-order valence-electron chi connectivity index (χ2n) is 3.96. The average Bonchev–Trinajstić information content (AvgIpc) is 2.32. The highest BCUT2D eigenvalue weighted by Crippen LogP contribution is 2.21. The van der Waals surface area contributed by atoms with Gasteiger partial charge < -0.3 is 15.5 Å². The Morgan fingerprint density at radius 2 is 1.84 bits per heavy atom. The predicted molar refractivity (Wildman–Crippen MR) is 74.4 cm³/mol. The Balaban J connectivity index is 2.22. The van der Waals surface area contributed by atoms with Crippen molar-refractivity contribution < 1.29 is 15.0 Å². The van der Waals surface area contributed by atoms with Crippen LogP contribution in [0.2, 0.25) is 0 Å². The van der Waals surface area contributed by atoms with E-state index in [1.165, 1.54) is 12.1 Å². The molecule has 0 aliphatic rings. The van der Waals surface area contributed by atoms with E-state index in [2.05, 4.69) is 26.2 Å². The number of hydrogen-bond donors (Lipinski definition) is 3. The van der Waals surface area contributed by atoms with Crippen molar-refractivity contribution in [3.05, 3.63) is 46.1 Å². The number of anilines is 1. The van der Waals surface area contributed by atoms with E-state index in [-0.39, 0.29) is 17.1 Å². The van der Waals surface area contributed by atoms with E-state index in [4.69, 9.17) is 0 Å². The van der Waals surface area contributed by atoms with E-state index >= 15 is 0 Å². The number of rotatable bonds is 2. The van der Waals surface area contributed by atoms with Gasteiger partial charge in [-0.15, -0.1) is 0 Å². The maximum atomic E-state index is 11.9. The summed E-state index contributed by atoms with van der Waals surface area (Å²) in [6.07, 6.45) is 0. The SMILES string of the molecule is Cc1nc(NC(=O)c2cc(O)cc(O)c2)ccc1Br. The molecule has 1 amide bonds. The molecule has 98 valence electrons. The summed E-state index contributed by atoms with van der Waals surface area (Å²) in [6.45, 7) is 1.81. The third kappa shape index (κ3) is 3.23. The Hall–Kier alpha value is -2.08. The zero-order valence-electron chi connectivity index (χ0n) is 10.0. The van der Waals surface area contributed by atoms with Gasteiger partial charge in [-0.2, -0.15) is 0 Å². The Morgan fingerprint density at radius 1 is 1.21 bits per heavy atom. The van der Waals surface area contributed by atoms with Crippen LogP contribution in [0.4, 0.5) is 5.82 Å². The Morgan fingerprint density at radius 3 is 2.42 bits per heavy atom. The maximum Gasteiger partial charge on any atom is 0.257 e. The summed E-state index contributed by atoms with van der Waals surface area (Å²) in [4.78, 5) is 16.1. The number of carbonyl (C=O) groups is 1. The third-order valence-electron chi connectivity index (χ3n) is 2.43. The molecular formula is C13H11BrN2O3. The normalized spacial score (nSPS) is 10.2. The fourth-order valence-corrected chi connectivity index (χ4v) is 1.75. The number of halogens is 1. The molecule has 0 radical (unpaired) electrons. The number of aromatic hydroxyl groups is 2. The van der Waals surface area contributed by atoms with E-state index in [1.807, 2.05) is 0 Å². The summed E-state index contributed by atoms with van der Waals surface area (Å²) in [6, 6.07) is 7.11.